The Balaban J connectivity index is 0.000000541. The molecule has 0 radical (unpaired) electrons. The Morgan fingerprint density at radius 3 is 2.36 bits per heavy atom. The standard InChI is InChI=1S/C14H13NO2S.C3H9N/c15-12-7-6-11(14(16)17)8-13(12)18-9-10-4-2-1-3-5-10;1-2-3-4/h1-8H,9,15H2,(H,16,17);2-4H2,1H3. The molecule has 118 valence electrons. The summed E-state index contributed by atoms with van der Waals surface area (Å²) < 4.78 is 0. The van der Waals surface area contributed by atoms with Crippen LogP contribution in [-0.4, -0.2) is 17.6 Å². The average Bonchev–Trinajstić information content (AvgIpc) is 2.55. The summed E-state index contributed by atoms with van der Waals surface area (Å²) >= 11 is 1.54. The molecular weight excluding hydrogens is 296 g/mol. The number of carbonyl (C=O) groups is 1. The lowest BCUT2D eigenvalue weighted by atomic mass is 10.2. The van der Waals surface area contributed by atoms with E-state index < -0.39 is 5.97 Å². The van der Waals surface area contributed by atoms with E-state index in [1.54, 1.807) is 23.9 Å². The highest BCUT2D eigenvalue weighted by Gasteiger charge is 2.07. The lowest BCUT2D eigenvalue weighted by Gasteiger charge is -2.06. The molecule has 2 aromatic rings. The maximum absolute atomic E-state index is 10.9. The molecule has 0 aliphatic carbocycles. The van der Waals surface area contributed by atoms with E-state index in [-0.39, 0.29) is 5.56 Å². The van der Waals surface area contributed by atoms with Crippen LogP contribution in [0.1, 0.15) is 29.3 Å². The van der Waals surface area contributed by atoms with Gasteiger partial charge in [-0.25, -0.2) is 4.79 Å². The summed E-state index contributed by atoms with van der Waals surface area (Å²) in [6, 6.07) is 14.8. The van der Waals surface area contributed by atoms with Crippen molar-refractivity contribution in [3.63, 3.8) is 0 Å². The van der Waals surface area contributed by atoms with Gasteiger partial charge in [-0.05, 0) is 36.7 Å². The smallest absolute Gasteiger partial charge is 0.335 e. The van der Waals surface area contributed by atoms with Crippen molar-refractivity contribution in [3.05, 3.63) is 59.7 Å². The van der Waals surface area contributed by atoms with Crippen molar-refractivity contribution >= 4 is 23.4 Å². The molecule has 22 heavy (non-hydrogen) atoms. The molecule has 0 aliphatic rings. The minimum absolute atomic E-state index is 0.264. The first-order valence-corrected chi connectivity index (χ1v) is 8.06. The maximum Gasteiger partial charge on any atom is 0.335 e. The van der Waals surface area contributed by atoms with E-state index >= 15 is 0 Å². The number of benzene rings is 2. The molecule has 0 amide bonds. The van der Waals surface area contributed by atoms with Gasteiger partial charge < -0.3 is 16.6 Å². The van der Waals surface area contributed by atoms with Crippen molar-refractivity contribution in [2.24, 2.45) is 5.73 Å². The van der Waals surface area contributed by atoms with Gasteiger partial charge in [0.2, 0.25) is 0 Å². The van der Waals surface area contributed by atoms with Crippen LogP contribution in [0.3, 0.4) is 0 Å². The molecule has 2 aromatic carbocycles. The normalized spacial score (nSPS) is 9.73. The van der Waals surface area contributed by atoms with Crippen molar-refractivity contribution < 1.29 is 9.90 Å². The van der Waals surface area contributed by atoms with E-state index in [0.717, 1.165) is 23.6 Å². The molecule has 0 atom stereocenters. The molecule has 0 unspecified atom stereocenters. The Hall–Kier alpha value is -1.98. The van der Waals surface area contributed by atoms with Gasteiger partial charge in [0.15, 0.2) is 0 Å². The van der Waals surface area contributed by atoms with Gasteiger partial charge in [-0.2, -0.15) is 0 Å². The monoisotopic (exact) mass is 318 g/mol. The van der Waals surface area contributed by atoms with Crippen molar-refractivity contribution in [2.45, 2.75) is 24.0 Å². The SMILES string of the molecule is CCCN.Nc1ccc(C(=O)O)cc1SCc1ccccc1. The summed E-state index contributed by atoms with van der Waals surface area (Å²) in [6.45, 7) is 2.88. The second-order valence-electron chi connectivity index (χ2n) is 4.62. The van der Waals surface area contributed by atoms with E-state index in [1.807, 2.05) is 30.3 Å². The molecule has 5 heteroatoms. The van der Waals surface area contributed by atoms with Gasteiger partial charge in [-0.15, -0.1) is 11.8 Å². The first kappa shape index (κ1) is 18.1. The Labute approximate surface area is 135 Å². The van der Waals surface area contributed by atoms with Crippen molar-refractivity contribution in [1.29, 1.82) is 0 Å². The summed E-state index contributed by atoms with van der Waals surface area (Å²) in [5, 5.41) is 8.94. The van der Waals surface area contributed by atoms with Crippen LogP contribution in [0.15, 0.2) is 53.4 Å². The van der Waals surface area contributed by atoms with E-state index in [1.165, 1.54) is 11.6 Å². The first-order chi connectivity index (χ1) is 10.6. The number of aromatic carboxylic acids is 1. The van der Waals surface area contributed by atoms with Gasteiger partial charge >= 0.3 is 5.97 Å². The number of rotatable bonds is 5. The van der Waals surface area contributed by atoms with Crippen LogP contribution in [0, 0.1) is 0 Å². The number of thioether (sulfide) groups is 1. The van der Waals surface area contributed by atoms with Crippen LogP contribution in [0.2, 0.25) is 0 Å². The fraction of sp³-hybridized carbons (Fsp3) is 0.235. The van der Waals surface area contributed by atoms with Crippen LogP contribution in [0.5, 0.6) is 0 Å². The number of carboxylic acids is 1. The highest BCUT2D eigenvalue weighted by Crippen LogP contribution is 2.29. The van der Waals surface area contributed by atoms with Gasteiger partial charge in [0.05, 0.1) is 5.56 Å². The van der Waals surface area contributed by atoms with Gasteiger partial charge in [-0.1, -0.05) is 37.3 Å². The summed E-state index contributed by atoms with van der Waals surface area (Å²) in [5.74, 6) is -0.162. The zero-order valence-electron chi connectivity index (χ0n) is 12.7. The highest BCUT2D eigenvalue weighted by atomic mass is 32.2. The lowest BCUT2D eigenvalue weighted by Crippen LogP contribution is -1.98. The molecule has 2 rings (SSSR count). The number of anilines is 1. The Morgan fingerprint density at radius 2 is 1.82 bits per heavy atom. The van der Waals surface area contributed by atoms with Crippen molar-refractivity contribution in [1.82, 2.24) is 0 Å². The topological polar surface area (TPSA) is 89.3 Å². The maximum atomic E-state index is 10.9. The Morgan fingerprint density at radius 1 is 1.18 bits per heavy atom. The van der Waals surface area contributed by atoms with E-state index in [0.29, 0.717) is 5.69 Å². The molecular formula is C17H22N2O2S. The third kappa shape index (κ3) is 6.20. The van der Waals surface area contributed by atoms with Gasteiger partial charge in [0.1, 0.15) is 0 Å². The largest absolute Gasteiger partial charge is 0.478 e. The first-order valence-electron chi connectivity index (χ1n) is 7.08. The molecule has 0 bridgehead atoms. The number of carboxylic acid groups (broad SMARTS) is 1. The zero-order chi connectivity index (χ0) is 16.4. The van der Waals surface area contributed by atoms with Crippen molar-refractivity contribution in [3.8, 4) is 0 Å². The molecule has 4 nitrogen and oxygen atoms in total. The number of nitrogens with two attached hydrogens (primary N) is 2. The Kier molecular flexibility index (Phi) is 8.10. The second-order valence-corrected chi connectivity index (χ2v) is 5.64. The molecule has 0 aromatic heterocycles. The Bertz CT molecular complexity index is 586. The van der Waals surface area contributed by atoms with E-state index in [9.17, 15) is 4.79 Å². The number of hydrogen-bond donors (Lipinski definition) is 3. The third-order valence-corrected chi connectivity index (χ3v) is 3.93. The molecule has 0 aliphatic heterocycles. The molecule has 0 spiro atoms. The third-order valence-electron chi connectivity index (χ3n) is 2.79. The highest BCUT2D eigenvalue weighted by molar-refractivity contribution is 7.98. The number of nitrogen functional groups attached to an aromatic ring is 1. The molecule has 0 saturated heterocycles. The summed E-state index contributed by atoms with van der Waals surface area (Å²) in [5.41, 5.74) is 12.9. The summed E-state index contributed by atoms with van der Waals surface area (Å²) in [7, 11) is 0. The zero-order valence-corrected chi connectivity index (χ0v) is 13.5. The minimum Gasteiger partial charge on any atom is -0.478 e. The average molecular weight is 318 g/mol. The fourth-order valence-electron chi connectivity index (χ4n) is 1.53. The van der Waals surface area contributed by atoms with E-state index in [2.05, 4.69) is 6.92 Å². The quantitative estimate of drug-likeness (QED) is 0.579. The molecule has 0 saturated carbocycles. The van der Waals surface area contributed by atoms with Gasteiger partial charge in [-0.3, -0.25) is 0 Å². The van der Waals surface area contributed by atoms with Gasteiger partial charge in [0, 0.05) is 16.3 Å². The fourth-order valence-corrected chi connectivity index (χ4v) is 2.49. The van der Waals surface area contributed by atoms with Crippen LogP contribution >= 0.6 is 11.8 Å². The van der Waals surface area contributed by atoms with Crippen LogP contribution in [0.4, 0.5) is 5.69 Å². The summed E-state index contributed by atoms with van der Waals surface area (Å²) in [4.78, 5) is 11.7. The van der Waals surface area contributed by atoms with Crippen LogP contribution < -0.4 is 11.5 Å². The van der Waals surface area contributed by atoms with Crippen molar-refractivity contribution in [2.75, 3.05) is 12.3 Å². The van der Waals surface area contributed by atoms with Crippen LogP contribution in [0.25, 0.3) is 0 Å². The summed E-state index contributed by atoms with van der Waals surface area (Å²) in [6.07, 6.45) is 1.10. The second kappa shape index (κ2) is 9.87. The minimum atomic E-state index is -0.934. The van der Waals surface area contributed by atoms with Gasteiger partial charge in [0.25, 0.3) is 0 Å². The predicted octanol–water partition coefficient (Wildman–Crippen LogP) is 3.61. The number of hydrogen-bond acceptors (Lipinski definition) is 4. The molecule has 5 N–H and O–H groups in total. The molecule has 0 fully saturated rings. The molecule has 0 heterocycles. The van der Waals surface area contributed by atoms with Crippen LogP contribution in [-0.2, 0) is 5.75 Å². The van der Waals surface area contributed by atoms with E-state index in [4.69, 9.17) is 16.6 Å². The predicted molar refractivity (Wildman–Crippen MR) is 93.2 cm³/mol. The lowest BCUT2D eigenvalue weighted by molar-refractivity contribution is 0.0696.